The Labute approximate surface area is 156 Å². The lowest BCUT2D eigenvalue weighted by Gasteiger charge is -2.08. The fraction of sp³-hybridized carbons (Fsp3) is 0.190. The number of fused-ring (bicyclic) bond motifs is 1. The molecule has 0 aliphatic rings. The van der Waals surface area contributed by atoms with Gasteiger partial charge in [0.15, 0.2) is 11.6 Å². The zero-order valence-electron chi connectivity index (χ0n) is 15.0. The summed E-state index contributed by atoms with van der Waals surface area (Å²) in [5, 5.41) is 5.55. The number of para-hydroxylation sites is 1. The van der Waals surface area contributed by atoms with E-state index < -0.39 is 0 Å². The molecule has 0 spiro atoms. The summed E-state index contributed by atoms with van der Waals surface area (Å²) >= 11 is 1.54. The molecule has 0 amide bonds. The molecule has 0 atom stereocenters. The maximum absolute atomic E-state index is 12.6. The quantitative estimate of drug-likeness (QED) is 0.489. The number of aryl methyl sites for hydroxylation is 3. The van der Waals surface area contributed by atoms with E-state index in [0.29, 0.717) is 6.42 Å². The van der Waals surface area contributed by atoms with Crippen molar-refractivity contribution in [3.63, 3.8) is 0 Å². The van der Waals surface area contributed by atoms with E-state index in [-0.39, 0.29) is 5.78 Å². The minimum atomic E-state index is 0.133. The summed E-state index contributed by atoms with van der Waals surface area (Å²) in [6.45, 7) is 6.00. The third-order valence-corrected chi connectivity index (χ3v) is 5.42. The number of thiophene rings is 1. The van der Waals surface area contributed by atoms with Gasteiger partial charge in [-0.05, 0) is 56.7 Å². The number of pyridine rings is 1. The molecule has 3 heterocycles. The maximum atomic E-state index is 12.6. The Kier molecular flexibility index (Phi) is 4.17. The van der Waals surface area contributed by atoms with Gasteiger partial charge in [-0.25, -0.2) is 9.67 Å². The van der Waals surface area contributed by atoms with Crippen LogP contribution in [0.25, 0.3) is 16.7 Å². The van der Waals surface area contributed by atoms with Crippen LogP contribution < -0.4 is 0 Å². The van der Waals surface area contributed by atoms with Crippen LogP contribution in [0.4, 0.5) is 0 Å². The Bertz CT molecular complexity index is 1120. The molecule has 0 bridgehead atoms. The molecule has 0 N–H and O–H groups in total. The third kappa shape index (κ3) is 3.06. The number of benzene rings is 1. The minimum Gasteiger partial charge on any atom is -0.293 e. The second kappa shape index (κ2) is 6.50. The number of ketones is 1. The van der Waals surface area contributed by atoms with Crippen molar-refractivity contribution in [2.24, 2.45) is 0 Å². The summed E-state index contributed by atoms with van der Waals surface area (Å²) in [7, 11) is 0. The Morgan fingerprint density at radius 1 is 1.08 bits per heavy atom. The van der Waals surface area contributed by atoms with E-state index in [1.165, 1.54) is 0 Å². The number of rotatable bonds is 4. The average Bonchev–Trinajstić information content (AvgIpc) is 3.20. The summed E-state index contributed by atoms with van der Waals surface area (Å²) in [5.41, 5.74) is 3.80. The zero-order chi connectivity index (χ0) is 18.3. The van der Waals surface area contributed by atoms with Gasteiger partial charge in [0.25, 0.3) is 0 Å². The molecule has 1 aromatic carbocycles. The van der Waals surface area contributed by atoms with Crippen molar-refractivity contribution in [3.8, 4) is 5.82 Å². The van der Waals surface area contributed by atoms with Crippen molar-refractivity contribution in [3.05, 3.63) is 75.2 Å². The van der Waals surface area contributed by atoms with Gasteiger partial charge in [0.05, 0.1) is 16.1 Å². The first-order valence-electron chi connectivity index (χ1n) is 8.53. The molecule has 4 rings (SSSR count). The fourth-order valence-corrected chi connectivity index (χ4v) is 3.97. The van der Waals surface area contributed by atoms with Crippen LogP contribution in [0.15, 0.2) is 48.5 Å². The highest BCUT2D eigenvalue weighted by molar-refractivity contribution is 7.14. The van der Waals surface area contributed by atoms with E-state index in [4.69, 9.17) is 4.98 Å². The zero-order valence-corrected chi connectivity index (χ0v) is 15.8. The monoisotopic (exact) mass is 361 g/mol. The summed E-state index contributed by atoms with van der Waals surface area (Å²) in [4.78, 5) is 19.4. The number of hydrogen-bond donors (Lipinski definition) is 0. The second-order valence-corrected chi connectivity index (χ2v) is 7.80. The average molecular weight is 361 g/mol. The lowest BCUT2D eigenvalue weighted by molar-refractivity contribution is 0.0997. The summed E-state index contributed by atoms with van der Waals surface area (Å²) in [5.74, 6) is 0.906. The number of carbonyl (C=O) groups excluding carboxylic acids is 1. The predicted molar refractivity (Wildman–Crippen MR) is 105 cm³/mol. The van der Waals surface area contributed by atoms with Gasteiger partial charge < -0.3 is 0 Å². The van der Waals surface area contributed by atoms with E-state index >= 15 is 0 Å². The van der Waals surface area contributed by atoms with Gasteiger partial charge in [0.1, 0.15) is 0 Å². The number of hydrogen-bond acceptors (Lipinski definition) is 4. The van der Waals surface area contributed by atoms with E-state index in [2.05, 4.69) is 5.10 Å². The first-order chi connectivity index (χ1) is 12.5. The van der Waals surface area contributed by atoms with Gasteiger partial charge in [0.2, 0.25) is 0 Å². The Morgan fingerprint density at radius 3 is 2.62 bits per heavy atom. The van der Waals surface area contributed by atoms with Crippen LogP contribution in [0.1, 0.15) is 31.5 Å². The lowest BCUT2D eigenvalue weighted by Crippen LogP contribution is -2.05. The topological polar surface area (TPSA) is 47.8 Å². The fourth-order valence-electron chi connectivity index (χ4n) is 3.16. The van der Waals surface area contributed by atoms with Gasteiger partial charge in [-0.2, -0.15) is 5.10 Å². The van der Waals surface area contributed by atoms with Crippen molar-refractivity contribution in [1.82, 2.24) is 14.8 Å². The molecular formula is C21H19N3OS. The smallest absolute Gasteiger partial charge is 0.177 e. The Hall–Kier alpha value is -2.79. The van der Waals surface area contributed by atoms with Crippen LogP contribution in [-0.4, -0.2) is 20.5 Å². The van der Waals surface area contributed by atoms with Crippen molar-refractivity contribution in [2.75, 3.05) is 0 Å². The molecule has 4 nitrogen and oxygen atoms in total. The van der Waals surface area contributed by atoms with Crippen molar-refractivity contribution in [1.29, 1.82) is 0 Å². The molecule has 0 saturated carbocycles. The normalized spacial score (nSPS) is 11.2. The van der Waals surface area contributed by atoms with Gasteiger partial charge >= 0.3 is 0 Å². The number of Topliss-reactive ketones (excluding diaryl/α,β-unsaturated/α-hetero) is 1. The molecule has 26 heavy (non-hydrogen) atoms. The molecule has 0 saturated heterocycles. The molecule has 5 heteroatoms. The van der Waals surface area contributed by atoms with Crippen LogP contribution in [0.5, 0.6) is 0 Å². The van der Waals surface area contributed by atoms with Gasteiger partial charge in [-0.1, -0.05) is 18.2 Å². The highest BCUT2D eigenvalue weighted by Gasteiger charge is 2.13. The lowest BCUT2D eigenvalue weighted by atomic mass is 10.0. The van der Waals surface area contributed by atoms with E-state index in [1.807, 2.05) is 74.0 Å². The van der Waals surface area contributed by atoms with E-state index in [9.17, 15) is 4.79 Å². The van der Waals surface area contributed by atoms with Crippen LogP contribution in [0.2, 0.25) is 0 Å². The third-order valence-electron chi connectivity index (χ3n) is 4.38. The predicted octanol–water partition coefficient (Wildman–Crippen LogP) is 4.83. The summed E-state index contributed by atoms with van der Waals surface area (Å²) in [6, 6.07) is 15.9. The number of nitrogens with zero attached hydrogens (tertiary/aromatic N) is 3. The highest BCUT2D eigenvalue weighted by Crippen LogP contribution is 2.23. The SMILES string of the molecule is Cc1cc(C)n(-c2ccc3cccc(CC(=O)c4ccc(C)s4)c3n2)n1. The number of carbonyl (C=O) groups is 1. The molecule has 130 valence electrons. The van der Waals surface area contributed by atoms with Crippen LogP contribution in [0.3, 0.4) is 0 Å². The first kappa shape index (κ1) is 16.7. The van der Waals surface area contributed by atoms with Crippen molar-refractivity contribution in [2.45, 2.75) is 27.2 Å². The molecule has 0 radical (unpaired) electrons. The van der Waals surface area contributed by atoms with E-state index in [1.54, 1.807) is 11.3 Å². The van der Waals surface area contributed by atoms with Crippen LogP contribution >= 0.6 is 11.3 Å². The molecule has 3 aromatic heterocycles. The Balaban J connectivity index is 1.76. The van der Waals surface area contributed by atoms with Crippen LogP contribution in [-0.2, 0) is 6.42 Å². The first-order valence-corrected chi connectivity index (χ1v) is 9.35. The summed E-state index contributed by atoms with van der Waals surface area (Å²) in [6.07, 6.45) is 0.352. The van der Waals surface area contributed by atoms with E-state index in [0.717, 1.165) is 43.4 Å². The molecule has 0 aliphatic heterocycles. The van der Waals surface area contributed by atoms with Gasteiger partial charge in [-0.3, -0.25) is 4.79 Å². The molecule has 0 fully saturated rings. The van der Waals surface area contributed by atoms with Crippen LogP contribution in [0, 0.1) is 20.8 Å². The number of aromatic nitrogens is 3. The molecule has 0 aliphatic carbocycles. The molecule has 0 unspecified atom stereocenters. The highest BCUT2D eigenvalue weighted by atomic mass is 32.1. The standard InChI is InChI=1S/C21H19N3OS/c1-13-11-14(2)24(23-13)20-10-8-16-5-4-6-17(21(16)22-20)12-18(25)19-9-7-15(3)26-19/h4-11H,12H2,1-3H3. The largest absolute Gasteiger partial charge is 0.293 e. The summed E-state index contributed by atoms with van der Waals surface area (Å²) < 4.78 is 1.84. The maximum Gasteiger partial charge on any atom is 0.177 e. The van der Waals surface area contributed by atoms with Gasteiger partial charge in [0, 0.05) is 22.4 Å². The van der Waals surface area contributed by atoms with Crippen molar-refractivity contribution < 1.29 is 4.79 Å². The van der Waals surface area contributed by atoms with Crippen molar-refractivity contribution >= 4 is 28.0 Å². The Morgan fingerprint density at radius 2 is 1.92 bits per heavy atom. The van der Waals surface area contributed by atoms with Gasteiger partial charge in [-0.15, -0.1) is 11.3 Å². The molecular weight excluding hydrogens is 342 g/mol. The molecule has 4 aromatic rings. The second-order valence-electron chi connectivity index (χ2n) is 6.51. The minimum absolute atomic E-state index is 0.133.